The van der Waals surface area contributed by atoms with E-state index in [1.807, 2.05) is 0 Å². The number of ether oxygens (including phenoxy) is 2. The number of benzene rings is 2. The van der Waals surface area contributed by atoms with E-state index in [4.69, 9.17) is 9.47 Å². The maximum Gasteiger partial charge on any atom is 0.161 e. The summed E-state index contributed by atoms with van der Waals surface area (Å²) in [7, 11) is 3.04. The Labute approximate surface area is 125 Å². The molecule has 1 unspecified atom stereocenters. The van der Waals surface area contributed by atoms with Crippen LogP contribution in [0.1, 0.15) is 17.2 Å². The first-order valence-electron chi connectivity index (χ1n) is 5.91. The van der Waals surface area contributed by atoms with Gasteiger partial charge in [-0.1, -0.05) is 22.0 Å². The average molecular weight is 341 g/mol. The topological polar surface area (TPSA) is 38.7 Å². The zero-order valence-electron chi connectivity index (χ0n) is 11.1. The van der Waals surface area contributed by atoms with Crippen molar-refractivity contribution in [2.75, 3.05) is 14.2 Å². The second-order valence-electron chi connectivity index (χ2n) is 4.18. The fraction of sp³-hybridized carbons (Fsp3) is 0.200. The summed E-state index contributed by atoms with van der Waals surface area (Å²) in [5, 5.41) is 10.3. The third-order valence-electron chi connectivity index (χ3n) is 2.98. The molecule has 0 aliphatic heterocycles. The van der Waals surface area contributed by atoms with E-state index in [0.29, 0.717) is 21.5 Å². The van der Waals surface area contributed by atoms with Crippen molar-refractivity contribution in [3.8, 4) is 11.5 Å². The first-order chi connectivity index (χ1) is 9.56. The molecule has 0 aliphatic carbocycles. The van der Waals surface area contributed by atoms with Gasteiger partial charge in [0.1, 0.15) is 11.9 Å². The van der Waals surface area contributed by atoms with E-state index >= 15 is 0 Å². The maximum atomic E-state index is 13.8. The second-order valence-corrected chi connectivity index (χ2v) is 5.10. The molecular weight excluding hydrogens is 327 g/mol. The summed E-state index contributed by atoms with van der Waals surface area (Å²) in [5.41, 5.74) is 0.728. The quantitative estimate of drug-likeness (QED) is 0.922. The fourth-order valence-corrected chi connectivity index (χ4v) is 2.31. The van der Waals surface area contributed by atoms with E-state index in [0.717, 1.165) is 0 Å². The van der Waals surface area contributed by atoms with E-state index in [-0.39, 0.29) is 5.56 Å². The maximum absolute atomic E-state index is 13.8. The third kappa shape index (κ3) is 2.94. The second kappa shape index (κ2) is 6.24. The van der Waals surface area contributed by atoms with E-state index in [2.05, 4.69) is 15.9 Å². The molecule has 0 fully saturated rings. The summed E-state index contributed by atoms with van der Waals surface area (Å²) in [5.74, 6) is 0.577. The molecule has 20 heavy (non-hydrogen) atoms. The van der Waals surface area contributed by atoms with Gasteiger partial charge in [-0.3, -0.25) is 0 Å². The lowest BCUT2D eigenvalue weighted by Crippen LogP contribution is -2.03. The highest BCUT2D eigenvalue weighted by Crippen LogP contribution is 2.33. The highest BCUT2D eigenvalue weighted by Gasteiger charge is 2.17. The van der Waals surface area contributed by atoms with Crippen molar-refractivity contribution >= 4 is 15.9 Å². The van der Waals surface area contributed by atoms with Crippen molar-refractivity contribution < 1.29 is 19.0 Å². The van der Waals surface area contributed by atoms with Crippen LogP contribution in [0.15, 0.2) is 40.9 Å². The molecule has 2 aromatic rings. The Hall–Kier alpha value is -1.59. The van der Waals surface area contributed by atoms with Crippen LogP contribution < -0.4 is 9.47 Å². The van der Waals surface area contributed by atoms with Gasteiger partial charge in [0.25, 0.3) is 0 Å². The van der Waals surface area contributed by atoms with Crippen molar-refractivity contribution in [3.63, 3.8) is 0 Å². The zero-order chi connectivity index (χ0) is 14.7. The Bertz CT molecular complexity index is 616. The summed E-state index contributed by atoms with van der Waals surface area (Å²) in [4.78, 5) is 0. The first-order valence-corrected chi connectivity index (χ1v) is 6.71. The molecule has 1 atom stereocenters. The molecule has 0 radical (unpaired) electrons. The molecule has 0 saturated heterocycles. The number of hydrogen-bond acceptors (Lipinski definition) is 3. The predicted molar refractivity (Wildman–Crippen MR) is 77.7 cm³/mol. The Morgan fingerprint density at radius 3 is 2.40 bits per heavy atom. The van der Waals surface area contributed by atoms with Crippen LogP contribution in [0.2, 0.25) is 0 Å². The van der Waals surface area contributed by atoms with Gasteiger partial charge in [0, 0.05) is 10.0 Å². The molecule has 1 N–H and O–H groups in total. The van der Waals surface area contributed by atoms with Crippen LogP contribution >= 0.6 is 15.9 Å². The Morgan fingerprint density at radius 1 is 1.05 bits per heavy atom. The summed E-state index contributed by atoms with van der Waals surface area (Å²) in [6.45, 7) is 0. The van der Waals surface area contributed by atoms with Crippen LogP contribution in [0.4, 0.5) is 4.39 Å². The van der Waals surface area contributed by atoms with Gasteiger partial charge >= 0.3 is 0 Å². The monoisotopic (exact) mass is 340 g/mol. The van der Waals surface area contributed by atoms with Crippen LogP contribution in [0, 0.1) is 5.82 Å². The lowest BCUT2D eigenvalue weighted by molar-refractivity contribution is 0.214. The summed E-state index contributed by atoms with van der Waals surface area (Å²) >= 11 is 3.27. The minimum Gasteiger partial charge on any atom is -0.493 e. The Kier molecular flexibility index (Phi) is 4.62. The molecular formula is C15H14BrFO3. The molecule has 5 heteroatoms. The smallest absolute Gasteiger partial charge is 0.161 e. The van der Waals surface area contributed by atoms with Crippen LogP contribution in [0.5, 0.6) is 11.5 Å². The van der Waals surface area contributed by atoms with Crippen molar-refractivity contribution in [1.82, 2.24) is 0 Å². The van der Waals surface area contributed by atoms with Crippen molar-refractivity contribution in [1.29, 1.82) is 0 Å². The SMILES string of the molecule is COc1ccc(C(O)c2cc(Br)ccc2F)cc1OC. The molecule has 0 spiro atoms. The largest absolute Gasteiger partial charge is 0.493 e. The van der Waals surface area contributed by atoms with Crippen LogP contribution in [0.3, 0.4) is 0 Å². The summed E-state index contributed by atoms with van der Waals surface area (Å²) in [6, 6.07) is 9.42. The van der Waals surface area contributed by atoms with Crippen molar-refractivity contribution in [2.24, 2.45) is 0 Å². The van der Waals surface area contributed by atoms with Gasteiger partial charge in [0.15, 0.2) is 11.5 Å². The number of hydrogen-bond donors (Lipinski definition) is 1. The van der Waals surface area contributed by atoms with Gasteiger partial charge in [-0.05, 0) is 35.9 Å². The molecule has 0 aliphatic rings. The molecule has 0 amide bonds. The Morgan fingerprint density at radius 2 is 1.75 bits per heavy atom. The van der Waals surface area contributed by atoms with E-state index in [9.17, 15) is 9.50 Å². The molecule has 2 aromatic carbocycles. The molecule has 106 valence electrons. The summed E-state index contributed by atoms with van der Waals surface area (Å²) in [6.07, 6.45) is -1.08. The first kappa shape index (κ1) is 14.8. The van der Waals surface area contributed by atoms with Gasteiger partial charge in [0.05, 0.1) is 14.2 Å². The lowest BCUT2D eigenvalue weighted by atomic mass is 10.0. The normalized spacial score (nSPS) is 12.1. The van der Waals surface area contributed by atoms with Crippen LogP contribution in [-0.2, 0) is 0 Å². The van der Waals surface area contributed by atoms with Gasteiger partial charge in [-0.25, -0.2) is 4.39 Å². The van der Waals surface area contributed by atoms with E-state index in [1.54, 1.807) is 30.3 Å². The molecule has 3 nitrogen and oxygen atoms in total. The number of aliphatic hydroxyl groups excluding tert-OH is 1. The lowest BCUT2D eigenvalue weighted by Gasteiger charge is -2.15. The molecule has 0 bridgehead atoms. The van der Waals surface area contributed by atoms with Crippen LogP contribution in [-0.4, -0.2) is 19.3 Å². The number of halogens is 2. The summed E-state index contributed by atoms with van der Waals surface area (Å²) < 4.78 is 24.8. The third-order valence-corrected chi connectivity index (χ3v) is 3.47. The van der Waals surface area contributed by atoms with E-state index in [1.165, 1.54) is 20.3 Å². The molecule has 0 aromatic heterocycles. The average Bonchev–Trinajstić information content (AvgIpc) is 2.48. The van der Waals surface area contributed by atoms with Crippen molar-refractivity contribution in [3.05, 3.63) is 57.8 Å². The van der Waals surface area contributed by atoms with Gasteiger partial charge in [-0.2, -0.15) is 0 Å². The number of rotatable bonds is 4. The number of methoxy groups -OCH3 is 2. The highest BCUT2D eigenvalue weighted by molar-refractivity contribution is 9.10. The highest BCUT2D eigenvalue weighted by atomic mass is 79.9. The molecule has 0 heterocycles. The number of aliphatic hydroxyl groups is 1. The minimum atomic E-state index is -1.08. The molecule has 2 rings (SSSR count). The van der Waals surface area contributed by atoms with Gasteiger partial charge in [-0.15, -0.1) is 0 Å². The zero-order valence-corrected chi connectivity index (χ0v) is 12.6. The fourth-order valence-electron chi connectivity index (χ4n) is 1.93. The minimum absolute atomic E-state index is 0.201. The standard InChI is InChI=1S/C15H14BrFO3/c1-19-13-6-3-9(7-14(13)20-2)15(18)11-8-10(16)4-5-12(11)17/h3-8,15,18H,1-2H3. The van der Waals surface area contributed by atoms with E-state index < -0.39 is 11.9 Å². The van der Waals surface area contributed by atoms with Gasteiger partial charge in [0.2, 0.25) is 0 Å². The van der Waals surface area contributed by atoms with Crippen molar-refractivity contribution in [2.45, 2.75) is 6.10 Å². The molecule has 0 saturated carbocycles. The Balaban J connectivity index is 2.42. The predicted octanol–water partition coefficient (Wildman–Crippen LogP) is 3.69. The van der Waals surface area contributed by atoms with Gasteiger partial charge < -0.3 is 14.6 Å². The van der Waals surface area contributed by atoms with Crippen LogP contribution in [0.25, 0.3) is 0 Å².